The summed E-state index contributed by atoms with van der Waals surface area (Å²) in [5, 5.41) is 0.546. The zero-order chi connectivity index (χ0) is 20.7. The first-order valence-electron chi connectivity index (χ1n) is 9.14. The second-order valence-electron chi connectivity index (χ2n) is 7.07. The van der Waals surface area contributed by atoms with Gasteiger partial charge in [0.15, 0.2) is 0 Å². The van der Waals surface area contributed by atoms with Crippen LogP contribution in [0.3, 0.4) is 0 Å². The Morgan fingerprint density at radius 1 is 0.793 bits per heavy atom. The lowest BCUT2D eigenvalue weighted by atomic mass is 10.1. The molecule has 29 heavy (non-hydrogen) atoms. The van der Waals surface area contributed by atoms with E-state index < -0.39 is 11.8 Å². The molecule has 0 unspecified atom stereocenters. The molecule has 0 radical (unpaired) electrons. The normalized spacial score (nSPS) is 18.2. The van der Waals surface area contributed by atoms with Crippen LogP contribution in [0.5, 0.6) is 0 Å². The Hall–Kier alpha value is -2.05. The lowest BCUT2D eigenvalue weighted by Crippen LogP contribution is -2.44. The summed E-state index contributed by atoms with van der Waals surface area (Å²) in [7, 11) is 2.10. The number of rotatable bonds is 3. The molecule has 0 saturated carbocycles. The molecule has 0 N–H and O–H groups in total. The molecule has 2 aromatic rings. The Morgan fingerprint density at radius 2 is 1.41 bits per heavy atom. The van der Waals surface area contributed by atoms with Crippen molar-refractivity contribution >= 4 is 63.6 Å². The van der Waals surface area contributed by atoms with Crippen LogP contribution in [0.1, 0.15) is 5.56 Å². The van der Waals surface area contributed by atoms with Crippen molar-refractivity contribution < 1.29 is 9.59 Å². The van der Waals surface area contributed by atoms with Crippen LogP contribution in [0.25, 0.3) is 5.57 Å². The third-order valence-corrected chi connectivity index (χ3v) is 6.10. The van der Waals surface area contributed by atoms with Crippen molar-refractivity contribution in [1.82, 2.24) is 4.90 Å². The Morgan fingerprint density at radius 3 is 2.03 bits per heavy atom. The molecule has 2 amide bonds. The highest BCUT2D eigenvalue weighted by molar-refractivity contribution is 6.60. The molecule has 1 saturated heterocycles. The van der Waals surface area contributed by atoms with Crippen LogP contribution in [0, 0.1) is 0 Å². The van der Waals surface area contributed by atoms with Crippen molar-refractivity contribution in [2.45, 2.75) is 0 Å². The Kier molecular flexibility index (Phi) is 5.58. The van der Waals surface area contributed by atoms with Crippen LogP contribution in [-0.2, 0) is 9.59 Å². The van der Waals surface area contributed by atoms with Gasteiger partial charge in [-0.2, -0.15) is 0 Å². The molecule has 1 fully saturated rings. The molecule has 0 spiro atoms. The predicted octanol–water partition coefficient (Wildman–Crippen LogP) is 4.27. The van der Waals surface area contributed by atoms with Gasteiger partial charge in [0.2, 0.25) is 0 Å². The SMILES string of the molecule is CN1CCN(c2ccc(N3C(=O)C(Cl)=C(c4ccc(Cl)cc4Cl)C3=O)cc2)CC1. The second kappa shape index (κ2) is 8.00. The zero-order valence-electron chi connectivity index (χ0n) is 15.7. The third-order valence-electron chi connectivity index (χ3n) is 5.20. The van der Waals surface area contributed by atoms with Gasteiger partial charge in [-0.15, -0.1) is 0 Å². The highest BCUT2D eigenvalue weighted by Crippen LogP contribution is 2.38. The maximum Gasteiger partial charge on any atom is 0.277 e. The van der Waals surface area contributed by atoms with Crippen LogP contribution in [-0.4, -0.2) is 49.9 Å². The van der Waals surface area contributed by atoms with Crippen molar-refractivity contribution in [3.8, 4) is 0 Å². The molecule has 8 heteroatoms. The highest BCUT2D eigenvalue weighted by Gasteiger charge is 2.40. The predicted molar refractivity (Wildman–Crippen MR) is 118 cm³/mol. The number of hydrogen-bond acceptors (Lipinski definition) is 4. The van der Waals surface area contributed by atoms with Crippen molar-refractivity contribution in [1.29, 1.82) is 0 Å². The second-order valence-corrected chi connectivity index (χ2v) is 8.29. The van der Waals surface area contributed by atoms with Crippen molar-refractivity contribution in [2.24, 2.45) is 0 Å². The van der Waals surface area contributed by atoms with E-state index in [2.05, 4.69) is 16.8 Å². The van der Waals surface area contributed by atoms with Crippen molar-refractivity contribution in [2.75, 3.05) is 43.0 Å². The fraction of sp³-hybridized carbons (Fsp3) is 0.238. The summed E-state index contributed by atoms with van der Waals surface area (Å²) in [5.74, 6) is -1.07. The fourth-order valence-electron chi connectivity index (χ4n) is 3.54. The quantitative estimate of drug-likeness (QED) is 0.655. The molecule has 2 aliphatic heterocycles. The molecule has 0 bridgehead atoms. The highest BCUT2D eigenvalue weighted by atomic mass is 35.5. The molecule has 2 aliphatic rings. The molecule has 2 aromatic carbocycles. The number of hydrogen-bond donors (Lipinski definition) is 0. The van der Waals surface area contributed by atoms with Crippen molar-refractivity contribution in [3.05, 3.63) is 63.1 Å². The number of benzene rings is 2. The van der Waals surface area contributed by atoms with E-state index >= 15 is 0 Å². The average Bonchev–Trinajstić information content (AvgIpc) is 2.92. The van der Waals surface area contributed by atoms with Crippen molar-refractivity contribution in [3.63, 3.8) is 0 Å². The van der Waals surface area contributed by atoms with Gasteiger partial charge in [-0.1, -0.05) is 40.9 Å². The minimum Gasteiger partial charge on any atom is -0.369 e. The number of likely N-dealkylation sites (N-methyl/N-ethyl adjacent to an activating group) is 1. The molecular formula is C21H18Cl3N3O2. The molecule has 0 aliphatic carbocycles. The van der Waals surface area contributed by atoms with Crippen LogP contribution in [0.4, 0.5) is 11.4 Å². The maximum atomic E-state index is 13.0. The monoisotopic (exact) mass is 449 g/mol. The maximum absolute atomic E-state index is 13.0. The first-order chi connectivity index (χ1) is 13.9. The van der Waals surface area contributed by atoms with Crippen LogP contribution in [0.15, 0.2) is 47.5 Å². The van der Waals surface area contributed by atoms with Crippen LogP contribution in [0.2, 0.25) is 10.0 Å². The van der Waals surface area contributed by atoms with Gasteiger partial charge in [-0.25, -0.2) is 4.90 Å². The number of anilines is 2. The number of carbonyl (C=O) groups excluding carboxylic acids is 2. The Balaban J connectivity index is 1.60. The number of halogens is 3. The lowest BCUT2D eigenvalue weighted by Gasteiger charge is -2.34. The lowest BCUT2D eigenvalue weighted by molar-refractivity contribution is -0.119. The zero-order valence-corrected chi connectivity index (χ0v) is 17.9. The molecular weight excluding hydrogens is 433 g/mol. The number of piperazine rings is 1. The molecule has 4 rings (SSSR count). The smallest absolute Gasteiger partial charge is 0.277 e. The molecule has 2 heterocycles. The van der Waals surface area contributed by atoms with Gasteiger partial charge in [-0.3, -0.25) is 9.59 Å². The summed E-state index contributed by atoms with van der Waals surface area (Å²) in [6, 6.07) is 12.1. The van der Waals surface area contributed by atoms with E-state index in [1.807, 2.05) is 12.1 Å². The largest absolute Gasteiger partial charge is 0.369 e. The summed E-state index contributed by atoms with van der Waals surface area (Å²) in [6.07, 6.45) is 0. The van der Waals surface area contributed by atoms with E-state index in [9.17, 15) is 9.59 Å². The summed E-state index contributed by atoms with van der Waals surface area (Å²) in [4.78, 5) is 31.4. The van der Waals surface area contributed by atoms with Gasteiger partial charge < -0.3 is 9.80 Å². The topological polar surface area (TPSA) is 43.9 Å². The number of carbonyl (C=O) groups is 2. The fourth-order valence-corrected chi connectivity index (χ4v) is 4.31. The van der Waals surface area contributed by atoms with Gasteiger partial charge in [-0.05, 0) is 43.4 Å². The van der Waals surface area contributed by atoms with E-state index in [0.29, 0.717) is 16.3 Å². The Labute approximate surface area is 184 Å². The van der Waals surface area contributed by atoms with Gasteiger partial charge in [0.05, 0.1) is 16.3 Å². The van der Waals surface area contributed by atoms with Crippen LogP contribution < -0.4 is 9.80 Å². The van der Waals surface area contributed by atoms with E-state index in [1.54, 1.807) is 24.3 Å². The minimum absolute atomic E-state index is 0.0847. The van der Waals surface area contributed by atoms with Gasteiger partial charge in [0.1, 0.15) is 5.03 Å². The summed E-state index contributed by atoms with van der Waals surface area (Å²) < 4.78 is 0. The average molecular weight is 451 g/mol. The van der Waals surface area contributed by atoms with Gasteiger partial charge >= 0.3 is 0 Å². The number of nitrogens with zero attached hydrogens (tertiary/aromatic N) is 3. The summed E-state index contributed by atoms with van der Waals surface area (Å²) in [5.41, 5.74) is 1.99. The Bertz CT molecular complexity index is 1010. The number of imide groups is 1. The third kappa shape index (κ3) is 3.76. The van der Waals surface area contributed by atoms with Gasteiger partial charge in [0, 0.05) is 42.5 Å². The minimum atomic E-state index is -0.565. The molecule has 150 valence electrons. The summed E-state index contributed by atoms with van der Waals surface area (Å²) >= 11 is 18.4. The molecule has 0 aromatic heterocycles. The first-order valence-corrected chi connectivity index (χ1v) is 10.3. The van der Waals surface area contributed by atoms with Gasteiger partial charge in [0.25, 0.3) is 11.8 Å². The van der Waals surface area contributed by atoms with Crippen LogP contribution >= 0.6 is 34.8 Å². The van der Waals surface area contributed by atoms with E-state index in [-0.39, 0.29) is 15.6 Å². The van der Waals surface area contributed by atoms with E-state index in [0.717, 1.165) is 36.8 Å². The first kappa shape index (κ1) is 20.2. The standard InChI is InChI=1S/C21H18Cl3N3O2/c1-25-8-10-26(11-9-25)14-3-5-15(6-4-14)27-20(28)18(19(24)21(27)29)16-7-2-13(22)12-17(16)23/h2-7,12H,8-11H2,1H3. The summed E-state index contributed by atoms with van der Waals surface area (Å²) in [6.45, 7) is 3.86. The van der Waals surface area contributed by atoms with E-state index in [1.165, 1.54) is 6.07 Å². The van der Waals surface area contributed by atoms with E-state index in [4.69, 9.17) is 34.8 Å². The number of amides is 2. The molecule has 0 atom stereocenters. The molecule has 5 nitrogen and oxygen atoms in total.